The van der Waals surface area contributed by atoms with Crippen molar-refractivity contribution in [2.45, 2.75) is 26.3 Å². The molecular formula is C28H23N3O6S. The first-order chi connectivity index (χ1) is 18.3. The zero-order chi connectivity index (χ0) is 27.0. The van der Waals surface area contributed by atoms with Crippen LogP contribution in [0.15, 0.2) is 72.3 Å². The Hall–Kier alpha value is -4.57. The van der Waals surface area contributed by atoms with Crippen molar-refractivity contribution in [3.05, 3.63) is 99.1 Å². The molecular weight excluding hydrogens is 506 g/mol. The van der Waals surface area contributed by atoms with Gasteiger partial charge >= 0.3 is 5.91 Å². The average Bonchev–Trinajstić information content (AvgIpc) is 3.46. The van der Waals surface area contributed by atoms with E-state index in [0.29, 0.717) is 29.0 Å². The molecule has 9 nitrogen and oxygen atoms in total. The number of hydrogen-bond donors (Lipinski definition) is 1. The maximum absolute atomic E-state index is 13.4. The second-order valence-corrected chi connectivity index (χ2v) is 9.64. The molecule has 1 fully saturated rings. The lowest BCUT2D eigenvalue weighted by molar-refractivity contribution is -0.384. The molecule has 0 bridgehead atoms. The molecule has 1 saturated heterocycles. The molecule has 0 radical (unpaired) electrons. The maximum Gasteiger partial charge on any atom is 0.301 e. The SMILES string of the molecule is CCOc1ccc(C(O)=C2C(=O)C(=O)N(c3nc4ccc(CC)cc4s3)C2c2cccc([N+](=O)[O-])c2)cc1. The third kappa shape index (κ3) is 4.39. The summed E-state index contributed by atoms with van der Waals surface area (Å²) in [5, 5.41) is 23.1. The quantitative estimate of drug-likeness (QED) is 0.106. The number of benzene rings is 3. The summed E-state index contributed by atoms with van der Waals surface area (Å²) >= 11 is 1.24. The lowest BCUT2D eigenvalue weighted by Crippen LogP contribution is -2.29. The van der Waals surface area contributed by atoms with Crippen molar-refractivity contribution < 1.29 is 24.4 Å². The van der Waals surface area contributed by atoms with Gasteiger partial charge < -0.3 is 9.84 Å². The maximum atomic E-state index is 13.4. The largest absolute Gasteiger partial charge is 0.507 e. The molecule has 4 aromatic rings. The average molecular weight is 530 g/mol. The molecule has 1 amide bonds. The minimum atomic E-state index is -1.12. The van der Waals surface area contributed by atoms with Gasteiger partial charge in [0.15, 0.2) is 5.13 Å². The summed E-state index contributed by atoms with van der Waals surface area (Å²) in [6.07, 6.45) is 0.823. The van der Waals surface area contributed by atoms with Gasteiger partial charge in [0.05, 0.1) is 33.4 Å². The lowest BCUT2D eigenvalue weighted by Gasteiger charge is -2.22. The van der Waals surface area contributed by atoms with Crippen LogP contribution in [-0.2, 0) is 16.0 Å². The normalized spacial score (nSPS) is 16.8. The van der Waals surface area contributed by atoms with Crippen LogP contribution in [-0.4, -0.2) is 33.3 Å². The Labute approximate surface area is 221 Å². The van der Waals surface area contributed by atoms with Crippen molar-refractivity contribution in [1.29, 1.82) is 0 Å². The summed E-state index contributed by atoms with van der Waals surface area (Å²) < 4.78 is 6.29. The van der Waals surface area contributed by atoms with Crippen molar-refractivity contribution in [2.24, 2.45) is 0 Å². The van der Waals surface area contributed by atoms with E-state index in [1.54, 1.807) is 30.3 Å². The topological polar surface area (TPSA) is 123 Å². The lowest BCUT2D eigenvalue weighted by atomic mass is 9.95. The fraction of sp³-hybridized carbons (Fsp3) is 0.179. The van der Waals surface area contributed by atoms with Gasteiger partial charge in [-0.05, 0) is 60.9 Å². The molecule has 1 N–H and O–H groups in total. The molecule has 1 aliphatic rings. The molecule has 0 aliphatic carbocycles. The number of nitrogens with zero attached hydrogens (tertiary/aromatic N) is 3. The monoisotopic (exact) mass is 529 g/mol. The molecule has 1 aliphatic heterocycles. The van der Waals surface area contributed by atoms with Crippen LogP contribution in [0, 0.1) is 10.1 Å². The summed E-state index contributed by atoms with van der Waals surface area (Å²) in [5.41, 5.74) is 1.99. The highest BCUT2D eigenvalue weighted by molar-refractivity contribution is 7.22. The Balaban J connectivity index is 1.70. The summed E-state index contributed by atoms with van der Waals surface area (Å²) in [5.74, 6) is -1.58. The van der Waals surface area contributed by atoms with Crippen LogP contribution >= 0.6 is 11.3 Å². The molecule has 1 aromatic heterocycles. The number of anilines is 1. The van der Waals surface area contributed by atoms with Gasteiger partial charge in [-0.15, -0.1) is 0 Å². The highest BCUT2D eigenvalue weighted by atomic mass is 32.1. The molecule has 0 saturated carbocycles. The Morgan fingerprint density at radius 1 is 1.11 bits per heavy atom. The predicted molar refractivity (Wildman–Crippen MR) is 144 cm³/mol. The number of rotatable bonds is 7. The number of thiazole rings is 1. The highest BCUT2D eigenvalue weighted by Gasteiger charge is 2.48. The van der Waals surface area contributed by atoms with Crippen LogP contribution in [0.4, 0.5) is 10.8 Å². The first-order valence-electron chi connectivity index (χ1n) is 12.0. The zero-order valence-corrected chi connectivity index (χ0v) is 21.4. The molecule has 5 rings (SSSR count). The molecule has 10 heteroatoms. The predicted octanol–water partition coefficient (Wildman–Crippen LogP) is 5.79. The van der Waals surface area contributed by atoms with Crippen LogP contribution < -0.4 is 9.64 Å². The number of amides is 1. The summed E-state index contributed by atoms with van der Waals surface area (Å²) in [4.78, 5) is 43.6. The standard InChI is InChI=1S/C28H23N3O6S/c1-3-16-8-13-21-22(14-16)38-28(29-21)30-24(18-6-5-7-19(15-18)31(35)36)23(26(33)27(30)34)25(32)17-9-11-20(12-10-17)37-4-2/h5-15,24,32H,3-4H2,1-2H3. The first-order valence-corrected chi connectivity index (χ1v) is 12.8. The molecule has 38 heavy (non-hydrogen) atoms. The molecule has 192 valence electrons. The zero-order valence-electron chi connectivity index (χ0n) is 20.6. The van der Waals surface area contributed by atoms with E-state index in [0.717, 1.165) is 16.7 Å². The Bertz CT molecular complexity index is 1610. The number of aliphatic hydroxyl groups excluding tert-OH is 1. The second kappa shape index (κ2) is 10.1. The minimum absolute atomic E-state index is 0.173. The minimum Gasteiger partial charge on any atom is -0.507 e. The number of nitro benzene ring substituents is 1. The number of carbonyl (C=O) groups is 2. The van der Waals surface area contributed by atoms with E-state index in [2.05, 4.69) is 4.98 Å². The molecule has 1 unspecified atom stereocenters. The van der Waals surface area contributed by atoms with Gasteiger partial charge in [0.1, 0.15) is 11.5 Å². The van der Waals surface area contributed by atoms with E-state index < -0.39 is 22.7 Å². The Morgan fingerprint density at radius 3 is 2.55 bits per heavy atom. The highest BCUT2D eigenvalue weighted by Crippen LogP contribution is 2.45. The van der Waals surface area contributed by atoms with Gasteiger partial charge in [-0.25, -0.2) is 4.98 Å². The number of aryl methyl sites for hydroxylation is 1. The van der Waals surface area contributed by atoms with Gasteiger partial charge in [-0.1, -0.05) is 36.5 Å². The van der Waals surface area contributed by atoms with E-state index in [9.17, 15) is 24.8 Å². The van der Waals surface area contributed by atoms with E-state index in [1.807, 2.05) is 32.0 Å². The van der Waals surface area contributed by atoms with E-state index in [1.165, 1.54) is 34.4 Å². The smallest absolute Gasteiger partial charge is 0.301 e. The van der Waals surface area contributed by atoms with Crippen LogP contribution in [0.25, 0.3) is 16.0 Å². The van der Waals surface area contributed by atoms with Gasteiger partial charge in [0.25, 0.3) is 11.5 Å². The van der Waals surface area contributed by atoms with E-state index in [-0.39, 0.29) is 22.2 Å². The number of ether oxygens (including phenoxy) is 1. The van der Waals surface area contributed by atoms with Gasteiger partial charge in [-0.3, -0.25) is 24.6 Å². The number of fused-ring (bicyclic) bond motifs is 1. The van der Waals surface area contributed by atoms with E-state index >= 15 is 0 Å². The molecule has 2 heterocycles. The van der Waals surface area contributed by atoms with Crippen LogP contribution in [0.1, 0.15) is 36.6 Å². The molecule has 0 spiro atoms. The number of Topliss-reactive ketones (excluding diaryl/α,β-unsaturated/α-hetero) is 1. The third-order valence-corrected chi connectivity index (χ3v) is 7.35. The fourth-order valence-corrected chi connectivity index (χ4v) is 5.52. The summed E-state index contributed by atoms with van der Waals surface area (Å²) in [6.45, 7) is 4.34. The van der Waals surface area contributed by atoms with Crippen LogP contribution in [0.2, 0.25) is 0 Å². The van der Waals surface area contributed by atoms with Crippen molar-refractivity contribution in [2.75, 3.05) is 11.5 Å². The number of aromatic nitrogens is 1. The van der Waals surface area contributed by atoms with Crippen molar-refractivity contribution in [3.8, 4) is 5.75 Å². The van der Waals surface area contributed by atoms with Crippen molar-refractivity contribution in [1.82, 2.24) is 4.98 Å². The van der Waals surface area contributed by atoms with E-state index in [4.69, 9.17) is 4.74 Å². The summed E-state index contributed by atoms with van der Waals surface area (Å²) in [7, 11) is 0. The number of ketones is 1. The Kier molecular flexibility index (Phi) is 6.64. The second-order valence-electron chi connectivity index (χ2n) is 8.63. The summed E-state index contributed by atoms with van der Waals surface area (Å²) in [6, 6.07) is 16.8. The van der Waals surface area contributed by atoms with Crippen LogP contribution in [0.5, 0.6) is 5.75 Å². The Morgan fingerprint density at radius 2 is 1.87 bits per heavy atom. The third-order valence-electron chi connectivity index (χ3n) is 6.34. The number of nitro groups is 1. The van der Waals surface area contributed by atoms with Crippen molar-refractivity contribution in [3.63, 3.8) is 0 Å². The number of non-ortho nitro benzene ring substituents is 1. The number of carbonyl (C=O) groups excluding carboxylic acids is 2. The van der Waals surface area contributed by atoms with Gasteiger partial charge in [-0.2, -0.15) is 0 Å². The van der Waals surface area contributed by atoms with Crippen LogP contribution in [0.3, 0.4) is 0 Å². The molecule has 3 aromatic carbocycles. The molecule has 1 atom stereocenters. The fourth-order valence-electron chi connectivity index (χ4n) is 4.46. The number of hydrogen-bond acceptors (Lipinski definition) is 8. The van der Waals surface area contributed by atoms with Gasteiger partial charge in [0.2, 0.25) is 0 Å². The first kappa shape index (κ1) is 25.1. The van der Waals surface area contributed by atoms with Gasteiger partial charge in [0, 0.05) is 17.7 Å². The van der Waals surface area contributed by atoms with Crippen molar-refractivity contribution >= 4 is 49.8 Å². The number of aliphatic hydroxyl groups is 1.